The van der Waals surface area contributed by atoms with Crippen molar-refractivity contribution in [2.24, 2.45) is 0 Å². The molecule has 2 amide bonds. The maximum Gasteiger partial charge on any atom is 0.220 e. The van der Waals surface area contributed by atoms with Gasteiger partial charge in [0, 0.05) is 51.3 Å². The number of hydrogen-bond donors (Lipinski definition) is 1. The predicted octanol–water partition coefficient (Wildman–Crippen LogP) is 3.20. The van der Waals surface area contributed by atoms with Crippen molar-refractivity contribution in [1.29, 1.82) is 0 Å². The second kappa shape index (κ2) is 7.46. The van der Waals surface area contributed by atoms with E-state index in [-0.39, 0.29) is 23.5 Å². The number of ether oxygens (including phenoxy) is 1. The van der Waals surface area contributed by atoms with Crippen LogP contribution in [-0.4, -0.2) is 35.4 Å². The maximum absolute atomic E-state index is 12.3. The number of piperidine rings is 1. The number of amides is 2. The highest BCUT2D eigenvalue weighted by Gasteiger charge is 2.43. The molecule has 1 spiro atoms. The van der Waals surface area contributed by atoms with Crippen LogP contribution in [0.5, 0.6) is 5.75 Å². The van der Waals surface area contributed by atoms with Gasteiger partial charge in [0.25, 0.3) is 0 Å². The molecule has 5 nitrogen and oxygen atoms in total. The summed E-state index contributed by atoms with van der Waals surface area (Å²) >= 11 is 0. The number of likely N-dealkylation sites (tertiary alicyclic amines) is 1. The number of para-hydroxylation sites is 1. The molecule has 1 atom stereocenters. The zero-order chi connectivity index (χ0) is 17.9. The highest BCUT2D eigenvalue weighted by molar-refractivity contribution is 5.76. The Morgan fingerprint density at radius 1 is 1.28 bits per heavy atom. The number of rotatable bonds is 4. The number of unbranched alkanes of at least 4 members (excludes halogenated alkanes) is 1. The fourth-order valence-corrected chi connectivity index (χ4v) is 3.89. The number of carbonyl (C=O) groups excluding carboxylic acids is 2. The Morgan fingerprint density at radius 2 is 2.00 bits per heavy atom. The molecule has 1 fully saturated rings. The lowest BCUT2D eigenvalue weighted by atomic mass is 9.80. The van der Waals surface area contributed by atoms with E-state index >= 15 is 0 Å². The van der Waals surface area contributed by atoms with Gasteiger partial charge in [-0.05, 0) is 12.5 Å². The summed E-state index contributed by atoms with van der Waals surface area (Å²) in [5.41, 5.74) is 0.773. The van der Waals surface area contributed by atoms with Crippen LogP contribution in [0.2, 0.25) is 0 Å². The normalized spacial score (nSPS) is 21.4. The third-order valence-corrected chi connectivity index (χ3v) is 5.41. The molecule has 0 aliphatic carbocycles. The molecule has 3 rings (SSSR count). The second-order valence-corrected chi connectivity index (χ2v) is 7.26. The Kier molecular flexibility index (Phi) is 5.30. The summed E-state index contributed by atoms with van der Waals surface area (Å²) in [5, 5.41) is 3.22. The van der Waals surface area contributed by atoms with E-state index in [0.717, 1.165) is 43.4 Å². The molecule has 5 heteroatoms. The molecule has 0 aromatic heterocycles. The van der Waals surface area contributed by atoms with Crippen molar-refractivity contribution in [2.45, 2.75) is 64.0 Å². The lowest BCUT2D eigenvalue weighted by Gasteiger charge is -2.46. The first-order valence-corrected chi connectivity index (χ1v) is 9.36. The van der Waals surface area contributed by atoms with Crippen molar-refractivity contribution in [3.05, 3.63) is 29.8 Å². The van der Waals surface area contributed by atoms with Crippen LogP contribution in [0.3, 0.4) is 0 Å². The molecule has 136 valence electrons. The van der Waals surface area contributed by atoms with E-state index in [4.69, 9.17) is 4.74 Å². The monoisotopic (exact) mass is 344 g/mol. The number of carbonyl (C=O) groups is 2. The summed E-state index contributed by atoms with van der Waals surface area (Å²) in [4.78, 5) is 25.8. The van der Waals surface area contributed by atoms with Gasteiger partial charge in [-0.15, -0.1) is 0 Å². The summed E-state index contributed by atoms with van der Waals surface area (Å²) < 4.78 is 6.39. The number of hydrogen-bond acceptors (Lipinski definition) is 3. The van der Waals surface area contributed by atoms with Crippen LogP contribution in [0.25, 0.3) is 0 Å². The number of benzene rings is 1. The SMILES string of the molecule is CCCCC(=O)N[C@H]1CC2(CCN(C(C)=O)CC2)Oc2ccccc21. The minimum absolute atomic E-state index is 0.0156. The van der Waals surface area contributed by atoms with Crippen LogP contribution >= 0.6 is 0 Å². The van der Waals surface area contributed by atoms with Gasteiger partial charge in [0.1, 0.15) is 11.4 Å². The molecule has 1 aromatic rings. The summed E-state index contributed by atoms with van der Waals surface area (Å²) in [6.45, 7) is 5.14. The first kappa shape index (κ1) is 17.8. The summed E-state index contributed by atoms with van der Waals surface area (Å²) in [7, 11) is 0. The molecule has 25 heavy (non-hydrogen) atoms. The van der Waals surface area contributed by atoms with Crippen molar-refractivity contribution in [3.63, 3.8) is 0 Å². The van der Waals surface area contributed by atoms with Crippen LogP contribution < -0.4 is 10.1 Å². The molecule has 1 aromatic carbocycles. The van der Waals surface area contributed by atoms with Crippen molar-refractivity contribution in [3.8, 4) is 5.75 Å². The summed E-state index contributed by atoms with van der Waals surface area (Å²) in [5.74, 6) is 1.10. The van der Waals surface area contributed by atoms with Gasteiger partial charge >= 0.3 is 0 Å². The predicted molar refractivity (Wildman–Crippen MR) is 96.3 cm³/mol. The third-order valence-electron chi connectivity index (χ3n) is 5.41. The zero-order valence-electron chi connectivity index (χ0n) is 15.2. The topological polar surface area (TPSA) is 58.6 Å². The van der Waals surface area contributed by atoms with Crippen molar-refractivity contribution >= 4 is 11.8 Å². The fourth-order valence-electron chi connectivity index (χ4n) is 3.89. The molecule has 1 N–H and O–H groups in total. The minimum atomic E-state index is -0.289. The van der Waals surface area contributed by atoms with Gasteiger partial charge in [-0.3, -0.25) is 9.59 Å². The van der Waals surface area contributed by atoms with Gasteiger partial charge in [-0.2, -0.15) is 0 Å². The second-order valence-electron chi connectivity index (χ2n) is 7.26. The van der Waals surface area contributed by atoms with Crippen LogP contribution in [0.15, 0.2) is 24.3 Å². The molecule has 0 saturated carbocycles. The molecule has 2 aliphatic heterocycles. The molecule has 0 unspecified atom stereocenters. The van der Waals surface area contributed by atoms with Crippen LogP contribution in [0.1, 0.15) is 64.0 Å². The molecule has 0 radical (unpaired) electrons. The summed E-state index contributed by atoms with van der Waals surface area (Å²) in [6, 6.07) is 7.97. The van der Waals surface area contributed by atoms with Gasteiger partial charge in [0.05, 0.1) is 6.04 Å². The number of nitrogens with one attached hydrogen (secondary N) is 1. The highest BCUT2D eigenvalue weighted by atomic mass is 16.5. The van der Waals surface area contributed by atoms with Gasteiger partial charge in [-0.25, -0.2) is 0 Å². The third kappa shape index (κ3) is 3.97. The first-order chi connectivity index (χ1) is 12.0. The largest absolute Gasteiger partial charge is 0.487 e. The van der Waals surface area contributed by atoms with Gasteiger partial charge in [0.2, 0.25) is 11.8 Å². The van der Waals surface area contributed by atoms with E-state index in [1.807, 2.05) is 29.2 Å². The Morgan fingerprint density at radius 3 is 2.68 bits per heavy atom. The summed E-state index contributed by atoms with van der Waals surface area (Å²) in [6.07, 6.45) is 4.89. The maximum atomic E-state index is 12.3. The van der Waals surface area contributed by atoms with E-state index in [0.29, 0.717) is 19.5 Å². The smallest absolute Gasteiger partial charge is 0.220 e. The average Bonchev–Trinajstić information content (AvgIpc) is 2.60. The standard InChI is InChI=1S/C20H28N2O3/c1-3-4-9-19(24)21-17-14-20(10-12-22(13-11-20)15(2)23)25-18-8-6-5-7-16(17)18/h5-8,17H,3-4,9-14H2,1-2H3,(H,21,24)/t17-/m0/s1. The Balaban J connectivity index is 1.76. The molecule has 1 saturated heterocycles. The lowest BCUT2D eigenvalue weighted by molar-refractivity contribution is -0.133. The highest BCUT2D eigenvalue weighted by Crippen LogP contribution is 2.44. The first-order valence-electron chi connectivity index (χ1n) is 9.36. The van der Waals surface area contributed by atoms with Gasteiger partial charge < -0.3 is 15.0 Å². The van der Waals surface area contributed by atoms with E-state index < -0.39 is 0 Å². The quantitative estimate of drug-likeness (QED) is 0.912. The molecule has 2 heterocycles. The minimum Gasteiger partial charge on any atom is -0.487 e. The number of nitrogens with zero attached hydrogens (tertiary/aromatic N) is 1. The van der Waals surface area contributed by atoms with Gasteiger partial charge in [-0.1, -0.05) is 31.5 Å². The van der Waals surface area contributed by atoms with Crippen molar-refractivity contribution in [1.82, 2.24) is 10.2 Å². The Labute approximate surface area is 149 Å². The zero-order valence-corrected chi connectivity index (χ0v) is 15.2. The van der Waals surface area contributed by atoms with E-state index in [1.165, 1.54) is 0 Å². The molecular formula is C20H28N2O3. The van der Waals surface area contributed by atoms with Crippen LogP contribution in [0.4, 0.5) is 0 Å². The number of fused-ring (bicyclic) bond motifs is 1. The van der Waals surface area contributed by atoms with E-state index in [2.05, 4.69) is 12.2 Å². The fraction of sp³-hybridized carbons (Fsp3) is 0.600. The van der Waals surface area contributed by atoms with Crippen molar-refractivity contribution < 1.29 is 14.3 Å². The van der Waals surface area contributed by atoms with E-state index in [1.54, 1.807) is 6.92 Å². The molecule has 0 bridgehead atoms. The van der Waals surface area contributed by atoms with Crippen LogP contribution in [0, 0.1) is 0 Å². The Hall–Kier alpha value is -2.04. The van der Waals surface area contributed by atoms with Crippen molar-refractivity contribution in [2.75, 3.05) is 13.1 Å². The lowest BCUT2D eigenvalue weighted by Crippen LogP contribution is -2.53. The Bertz CT molecular complexity index is 636. The molecule has 2 aliphatic rings. The van der Waals surface area contributed by atoms with Gasteiger partial charge in [0.15, 0.2) is 0 Å². The van der Waals surface area contributed by atoms with E-state index in [9.17, 15) is 9.59 Å². The average molecular weight is 344 g/mol. The molecular weight excluding hydrogens is 316 g/mol. The van der Waals surface area contributed by atoms with Crippen LogP contribution in [-0.2, 0) is 9.59 Å².